The molecule has 0 spiro atoms. The first-order chi connectivity index (χ1) is 15.6. The Labute approximate surface area is 190 Å². The molecular weight excluding hydrogens is 404 g/mol. The van der Waals surface area contributed by atoms with Gasteiger partial charge < -0.3 is 20.6 Å². The van der Waals surface area contributed by atoms with Gasteiger partial charge in [-0.25, -0.2) is 4.98 Å². The highest BCUT2D eigenvalue weighted by molar-refractivity contribution is 5.87. The number of rotatable bonds is 8. The molecule has 3 heterocycles. The molecule has 2 aromatic heterocycles. The number of nitrogens with one attached hydrogen (secondary N) is 2. The molecule has 1 amide bonds. The number of fused-ring (bicyclic) bond motifs is 1. The van der Waals surface area contributed by atoms with Crippen LogP contribution in [0.4, 0.5) is 11.6 Å². The van der Waals surface area contributed by atoms with Crippen LogP contribution in [0.15, 0.2) is 24.9 Å². The van der Waals surface area contributed by atoms with Gasteiger partial charge in [-0.05, 0) is 63.9 Å². The molecule has 3 N–H and O–H groups in total. The van der Waals surface area contributed by atoms with Crippen molar-refractivity contribution in [2.75, 3.05) is 23.4 Å². The maximum absolute atomic E-state index is 11.6. The standard InChI is InChI=1S/C24H36N6O2/c1-3-17-16-25-30-22(26-18-8-10-19(11-9-18)27-23(32)4-2)15-21(28-24(17)30)29-13-6-5-7-20(29)12-14-31/h4,15-16,18-20,26,31H,2-3,5-14H2,1H3,(H,27,32)/t18-,19-,20-/m0/s1. The van der Waals surface area contributed by atoms with Crippen LogP contribution in [0.25, 0.3) is 5.65 Å². The third-order valence-corrected chi connectivity index (χ3v) is 6.91. The second-order valence-corrected chi connectivity index (χ2v) is 9.02. The van der Waals surface area contributed by atoms with Crippen LogP contribution in [-0.2, 0) is 11.2 Å². The average Bonchev–Trinajstić information content (AvgIpc) is 3.24. The van der Waals surface area contributed by atoms with E-state index in [4.69, 9.17) is 4.98 Å². The molecule has 1 aliphatic heterocycles. The summed E-state index contributed by atoms with van der Waals surface area (Å²) in [5.41, 5.74) is 2.05. The van der Waals surface area contributed by atoms with Gasteiger partial charge in [0.2, 0.25) is 5.91 Å². The molecule has 4 rings (SSSR count). The van der Waals surface area contributed by atoms with E-state index in [0.29, 0.717) is 12.1 Å². The fourth-order valence-electron chi connectivity index (χ4n) is 5.10. The molecule has 32 heavy (non-hydrogen) atoms. The van der Waals surface area contributed by atoms with Crippen molar-refractivity contribution in [3.8, 4) is 0 Å². The van der Waals surface area contributed by atoms with Gasteiger partial charge in [-0.15, -0.1) is 0 Å². The largest absolute Gasteiger partial charge is 0.396 e. The van der Waals surface area contributed by atoms with Crippen molar-refractivity contribution < 1.29 is 9.90 Å². The van der Waals surface area contributed by atoms with Crippen molar-refractivity contribution in [1.29, 1.82) is 0 Å². The molecule has 1 saturated heterocycles. The smallest absolute Gasteiger partial charge is 0.243 e. The second-order valence-electron chi connectivity index (χ2n) is 9.02. The monoisotopic (exact) mass is 440 g/mol. The van der Waals surface area contributed by atoms with E-state index in [0.717, 1.165) is 80.8 Å². The number of hydrogen-bond donors (Lipinski definition) is 3. The summed E-state index contributed by atoms with van der Waals surface area (Å²) >= 11 is 0. The van der Waals surface area contributed by atoms with E-state index in [1.807, 2.05) is 10.7 Å². The van der Waals surface area contributed by atoms with Crippen molar-refractivity contribution in [3.63, 3.8) is 0 Å². The van der Waals surface area contributed by atoms with Crippen LogP contribution in [0.2, 0.25) is 0 Å². The predicted molar refractivity (Wildman–Crippen MR) is 127 cm³/mol. The molecule has 1 saturated carbocycles. The normalized spacial score (nSPS) is 23.8. The Morgan fingerprint density at radius 3 is 2.75 bits per heavy atom. The van der Waals surface area contributed by atoms with E-state index in [1.165, 1.54) is 12.5 Å². The molecule has 1 aliphatic carbocycles. The topological polar surface area (TPSA) is 94.8 Å². The number of hydrogen-bond acceptors (Lipinski definition) is 6. The number of carbonyl (C=O) groups excluding carboxylic acids is 1. The highest BCUT2D eigenvalue weighted by Gasteiger charge is 2.26. The number of aromatic nitrogens is 3. The van der Waals surface area contributed by atoms with Gasteiger partial charge in [-0.2, -0.15) is 9.61 Å². The lowest BCUT2D eigenvalue weighted by Crippen LogP contribution is -2.41. The predicted octanol–water partition coefficient (Wildman–Crippen LogP) is 3.06. The second kappa shape index (κ2) is 10.3. The minimum atomic E-state index is -0.0931. The maximum Gasteiger partial charge on any atom is 0.243 e. The lowest BCUT2D eigenvalue weighted by molar-refractivity contribution is -0.117. The minimum Gasteiger partial charge on any atom is -0.396 e. The summed E-state index contributed by atoms with van der Waals surface area (Å²) in [6.07, 6.45) is 12.2. The molecule has 0 radical (unpaired) electrons. The van der Waals surface area contributed by atoms with E-state index in [1.54, 1.807) is 0 Å². The van der Waals surface area contributed by atoms with Crippen molar-refractivity contribution in [2.45, 2.75) is 82.8 Å². The first kappa shape index (κ1) is 22.6. The molecule has 174 valence electrons. The molecular formula is C24H36N6O2. The number of anilines is 2. The van der Waals surface area contributed by atoms with Gasteiger partial charge in [-0.1, -0.05) is 13.5 Å². The van der Waals surface area contributed by atoms with Crippen LogP contribution in [0, 0.1) is 0 Å². The number of aryl methyl sites for hydroxylation is 1. The highest BCUT2D eigenvalue weighted by Crippen LogP contribution is 2.30. The molecule has 0 unspecified atom stereocenters. The summed E-state index contributed by atoms with van der Waals surface area (Å²) < 4.78 is 1.93. The van der Waals surface area contributed by atoms with Gasteiger partial charge >= 0.3 is 0 Å². The fraction of sp³-hybridized carbons (Fsp3) is 0.625. The number of amides is 1. The van der Waals surface area contributed by atoms with Crippen LogP contribution in [-0.4, -0.2) is 56.9 Å². The zero-order valence-electron chi connectivity index (χ0n) is 19.1. The average molecular weight is 441 g/mol. The molecule has 1 atom stereocenters. The van der Waals surface area contributed by atoms with Gasteiger partial charge in [0, 0.05) is 42.9 Å². The third-order valence-electron chi connectivity index (χ3n) is 6.91. The number of piperidine rings is 1. The van der Waals surface area contributed by atoms with Crippen LogP contribution < -0.4 is 15.5 Å². The first-order valence-electron chi connectivity index (χ1n) is 12.1. The summed E-state index contributed by atoms with van der Waals surface area (Å²) in [7, 11) is 0. The van der Waals surface area contributed by atoms with Crippen LogP contribution in [0.5, 0.6) is 0 Å². The van der Waals surface area contributed by atoms with E-state index in [2.05, 4.69) is 40.2 Å². The molecule has 0 aromatic carbocycles. The Hall–Kier alpha value is -2.61. The van der Waals surface area contributed by atoms with Crippen molar-refractivity contribution in [3.05, 3.63) is 30.5 Å². The molecule has 2 aliphatic rings. The minimum absolute atomic E-state index is 0.0931. The summed E-state index contributed by atoms with van der Waals surface area (Å²) in [4.78, 5) is 19.0. The number of aliphatic hydroxyl groups excluding tert-OH is 1. The molecule has 2 aromatic rings. The lowest BCUT2D eigenvalue weighted by atomic mass is 9.91. The zero-order chi connectivity index (χ0) is 22.5. The summed E-state index contributed by atoms with van der Waals surface area (Å²) in [6, 6.07) is 3.00. The molecule has 8 nitrogen and oxygen atoms in total. The first-order valence-corrected chi connectivity index (χ1v) is 12.1. The van der Waals surface area contributed by atoms with Gasteiger partial charge in [-0.3, -0.25) is 4.79 Å². The summed E-state index contributed by atoms with van der Waals surface area (Å²) in [5, 5.41) is 20.9. The summed E-state index contributed by atoms with van der Waals surface area (Å²) in [6.45, 7) is 6.84. The van der Waals surface area contributed by atoms with Gasteiger partial charge in [0.1, 0.15) is 11.6 Å². The third kappa shape index (κ3) is 4.90. The molecule has 2 fully saturated rings. The van der Waals surface area contributed by atoms with Crippen LogP contribution in [0.1, 0.15) is 63.9 Å². The molecule has 0 bridgehead atoms. The van der Waals surface area contributed by atoms with Gasteiger partial charge in [0.25, 0.3) is 0 Å². The lowest BCUT2D eigenvalue weighted by Gasteiger charge is -2.37. The zero-order valence-corrected chi connectivity index (χ0v) is 19.1. The number of carbonyl (C=O) groups is 1. The van der Waals surface area contributed by atoms with Crippen molar-refractivity contribution >= 4 is 23.2 Å². The van der Waals surface area contributed by atoms with E-state index < -0.39 is 0 Å². The Morgan fingerprint density at radius 2 is 2.03 bits per heavy atom. The fourth-order valence-corrected chi connectivity index (χ4v) is 5.10. The van der Waals surface area contributed by atoms with Crippen LogP contribution >= 0.6 is 0 Å². The quantitative estimate of drug-likeness (QED) is 0.546. The number of aliphatic hydroxyl groups is 1. The Kier molecular flexibility index (Phi) is 7.29. The van der Waals surface area contributed by atoms with Gasteiger partial charge in [0.15, 0.2) is 5.65 Å². The van der Waals surface area contributed by atoms with E-state index in [-0.39, 0.29) is 18.6 Å². The van der Waals surface area contributed by atoms with Crippen molar-refractivity contribution in [2.24, 2.45) is 0 Å². The van der Waals surface area contributed by atoms with E-state index >= 15 is 0 Å². The number of nitrogens with zero attached hydrogens (tertiary/aromatic N) is 4. The Bertz CT molecular complexity index is 932. The van der Waals surface area contributed by atoms with Gasteiger partial charge in [0.05, 0.1) is 6.20 Å². The molecule has 8 heteroatoms. The van der Waals surface area contributed by atoms with E-state index in [9.17, 15) is 9.90 Å². The Morgan fingerprint density at radius 1 is 1.25 bits per heavy atom. The summed E-state index contributed by atoms with van der Waals surface area (Å²) in [5.74, 6) is 1.85. The highest BCUT2D eigenvalue weighted by atomic mass is 16.3. The van der Waals surface area contributed by atoms with Crippen LogP contribution in [0.3, 0.4) is 0 Å². The Balaban J connectivity index is 1.56. The SMILES string of the molecule is C=CC(=O)N[C@H]1CC[C@H](Nc2cc(N3CCCC[C@H]3CCO)nc3c(CC)cnn23)CC1. The maximum atomic E-state index is 11.6. The van der Waals surface area contributed by atoms with Crippen molar-refractivity contribution in [1.82, 2.24) is 19.9 Å².